The van der Waals surface area contributed by atoms with Crippen molar-refractivity contribution in [1.82, 2.24) is 0 Å². The average molecular weight is 732 g/mol. The van der Waals surface area contributed by atoms with E-state index >= 15 is 0 Å². The Morgan fingerprint density at radius 2 is 0.836 bits per heavy atom. The second-order valence-electron chi connectivity index (χ2n) is 13.5. The van der Waals surface area contributed by atoms with Gasteiger partial charge in [-0.1, -0.05) is 67.9 Å². The molecule has 0 aliphatic carbocycles. The first-order valence-corrected chi connectivity index (χ1v) is 17.2. The summed E-state index contributed by atoms with van der Waals surface area (Å²) < 4.78 is 20.8. The van der Waals surface area contributed by atoms with E-state index in [1.54, 1.807) is 0 Å². The van der Waals surface area contributed by atoms with Crippen LogP contribution in [0.25, 0.3) is 0 Å². The number of esters is 4. The van der Waals surface area contributed by atoms with Crippen LogP contribution in [0.4, 0.5) is 5.69 Å². The number of nitrogen functional groups attached to an aromatic ring is 1. The van der Waals surface area contributed by atoms with Crippen molar-refractivity contribution in [2.24, 2.45) is 0 Å². The van der Waals surface area contributed by atoms with Gasteiger partial charge >= 0.3 is 23.9 Å². The molecule has 0 bridgehead atoms. The van der Waals surface area contributed by atoms with Crippen LogP contribution in [0.3, 0.4) is 0 Å². The molecule has 2 aliphatic rings. The summed E-state index contributed by atoms with van der Waals surface area (Å²) in [7, 11) is 0. The first kappa shape index (κ1) is 36.0. The third-order valence-corrected chi connectivity index (χ3v) is 9.34. The van der Waals surface area contributed by atoms with E-state index in [-0.39, 0.29) is 38.8 Å². The van der Waals surface area contributed by atoms with E-state index in [0.29, 0.717) is 0 Å². The van der Waals surface area contributed by atoms with Gasteiger partial charge in [-0.2, -0.15) is 0 Å². The molecule has 0 amide bonds. The number of anilines is 1. The van der Waals surface area contributed by atoms with Crippen molar-refractivity contribution >= 4 is 35.3 Å². The number of hydrogen-bond acceptors (Lipinski definition) is 10. The Labute approximate surface area is 316 Å². The molecule has 10 nitrogen and oxygen atoms in total. The fourth-order valence-electron chi connectivity index (χ4n) is 6.08. The number of hydrogen-bond donors (Lipinski definition) is 1. The lowest BCUT2D eigenvalue weighted by atomic mass is 9.78. The predicted octanol–water partition coefficient (Wildman–Crippen LogP) is 9.03. The van der Waals surface area contributed by atoms with Crippen LogP contribution in [0.15, 0.2) is 133 Å². The highest BCUT2D eigenvalue weighted by Crippen LogP contribution is 2.35. The number of ether oxygens (including phenoxy) is 4. The van der Waals surface area contributed by atoms with E-state index in [0.717, 1.165) is 28.7 Å². The van der Waals surface area contributed by atoms with E-state index in [9.17, 15) is 24.0 Å². The highest BCUT2D eigenvalue weighted by atomic mass is 16.6. The molecule has 0 atom stereocenters. The van der Waals surface area contributed by atoms with Crippen molar-refractivity contribution < 1.29 is 42.9 Å². The van der Waals surface area contributed by atoms with Gasteiger partial charge in [-0.05, 0) is 103 Å². The summed E-state index contributed by atoms with van der Waals surface area (Å²) in [6.07, 6.45) is 0. The molecule has 55 heavy (non-hydrogen) atoms. The van der Waals surface area contributed by atoms with Crippen molar-refractivity contribution in [1.29, 1.82) is 0 Å². The zero-order chi connectivity index (χ0) is 38.9. The maximum Gasteiger partial charge on any atom is 0.346 e. The van der Waals surface area contributed by atoms with Crippen LogP contribution in [0, 0.1) is 6.92 Å². The number of ketones is 1. The second-order valence-corrected chi connectivity index (χ2v) is 13.5. The molecule has 2 heterocycles. The summed E-state index contributed by atoms with van der Waals surface area (Å²) in [5.74, 6) is -0.373. The van der Waals surface area contributed by atoms with E-state index in [4.69, 9.17) is 15.2 Å². The van der Waals surface area contributed by atoms with Crippen LogP contribution < -0.4 is 15.2 Å². The maximum atomic E-state index is 12.5. The molecular formula is C45H33NO9. The van der Waals surface area contributed by atoms with Crippen LogP contribution in [-0.4, -0.2) is 29.7 Å². The second kappa shape index (κ2) is 14.6. The molecule has 2 aliphatic heterocycles. The van der Waals surface area contributed by atoms with Crippen molar-refractivity contribution in [3.63, 3.8) is 0 Å². The van der Waals surface area contributed by atoms with Crippen LogP contribution >= 0.6 is 0 Å². The molecule has 10 heteroatoms. The lowest BCUT2D eigenvalue weighted by Gasteiger charge is -2.26. The zero-order valence-corrected chi connectivity index (χ0v) is 30.0. The van der Waals surface area contributed by atoms with Gasteiger partial charge in [0.1, 0.15) is 23.0 Å². The lowest BCUT2D eigenvalue weighted by molar-refractivity contribution is 0.0425. The molecule has 0 spiro atoms. The average Bonchev–Trinajstić information content (AvgIpc) is 3.64. The Bertz CT molecular complexity index is 2310. The van der Waals surface area contributed by atoms with Crippen molar-refractivity contribution in [3.8, 4) is 23.0 Å². The Morgan fingerprint density at radius 1 is 0.491 bits per heavy atom. The Kier molecular flexibility index (Phi) is 9.56. The molecular weight excluding hydrogens is 698 g/mol. The molecule has 272 valence electrons. The Morgan fingerprint density at radius 3 is 1.24 bits per heavy atom. The topological polar surface area (TPSA) is 148 Å². The minimum atomic E-state index is -0.812. The SMILES string of the molecule is Cc1ccc(Oc2ccc(C(C)(C)c3ccc(Oc4ccc(N)cc4)cc3)cc2)cc1.O=C(c1ccc2c(c1)C(=O)OC2=O)c1ccc2c(c1)C(=O)OC2=O. The van der Waals surface area contributed by atoms with Gasteiger partial charge in [0.2, 0.25) is 0 Å². The molecule has 0 fully saturated rings. The van der Waals surface area contributed by atoms with Gasteiger partial charge in [-0.3, -0.25) is 4.79 Å². The van der Waals surface area contributed by atoms with Crippen molar-refractivity contribution in [3.05, 3.63) is 184 Å². The van der Waals surface area contributed by atoms with Gasteiger partial charge in [0, 0.05) is 22.2 Å². The summed E-state index contributed by atoms with van der Waals surface area (Å²) in [6, 6.07) is 40.0. The molecule has 0 saturated carbocycles. The Hall–Kier alpha value is -7.33. The largest absolute Gasteiger partial charge is 0.457 e. The zero-order valence-electron chi connectivity index (χ0n) is 30.0. The summed E-state index contributed by atoms with van der Waals surface area (Å²) in [5, 5.41) is 0. The minimum absolute atomic E-state index is 0.0154. The van der Waals surface area contributed by atoms with E-state index in [1.807, 2.05) is 72.8 Å². The number of fused-ring (bicyclic) bond motifs is 2. The highest BCUT2D eigenvalue weighted by Gasteiger charge is 2.32. The smallest absolute Gasteiger partial charge is 0.346 e. The lowest BCUT2D eigenvalue weighted by Crippen LogP contribution is -2.18. The Balaban J connectivity index is 0.000000174. The summed E-state index contributed by atoms with van der Waals surface area (Å²) in [4.78, 5) is 58.5. The molecule has 0 radical (unpaired) electrons. The molecule has 6 aromatic carbocycles. The molecule has 0 unspecified atom stereocenters. The number of carbonyl (C=O) groups excluding carboxylic acids is 5. The first-order chi connectivity index (χ1) is 26.3. The van der Waals surface area contributed by atoms with E-state index in [2.05, 4.69) is 54.5 Å². The van der Waals surface area contributed by atoms with E-state index < -0.39 is 29.7 Å². The molecule has 0 aromatic heterocycles. The first-order valence-electron chi connectivity index (χ1n) is 17.2. The molecule has 8 rings (SSSR count). The minimum Gasteiger partial charge on any atom is -0.457 e. The number of rotatable bonds is 8. The summed E-state index contributed by atoms with van der Waals surface area (Å²) in [5.41, 5.74) is 10.5. The third-order valence-electron chi connectivity index (χ3n) is 9.34. The standard InChI is InChI=1S/C28H27NO2.C17H6O7/c1-20-4-12-24(13-5-20)30-25-14-6-21(7-15-25)28(2,3)22-8-16-26(17-9-22)31-27-18-10-23(29)11-19-27;18-13(7-1-3-9-11(5-7)16(21)23-14(9)19)8-2-4-10-12(6-8)17(22)24-15(10)20/h4-19H,29H2,1-3H3;1-6H. The highest BCUT2D eigenvalue weighted by molar-refractivity contribution is 6.19. The quantitative estimate of drug-likeness (QED) is 0.0696. The summed E-state index contributed by atoms with van der Waals surface area (Å²) >= 11 is 0. The number of carbonyl (C=O) groups is 5. The van der Waals surface area contributed by atoms with Gasteiger partial charge in [-0.15, -0.1) is 0 Å². The fraction of sp³-hybridized carbons (Fsp3) is 0.0889. The monoisotopic (exact) mass is 731 g/mol. The van der Waals surface area contributed by atoms with Gasteiger partial charge in [0.15, 0.2) is 5.78 Å². The third kappa shape index (κ3) is 7.60. The van der Waals surface area contributed by atoms with Crippen LogP contribution in [0.2, 0.25) is 0 Å². The number of benzene rings is 6. The normalized spacial score (nSPS) is 12.9. The number of nitrogens with two attached hydrogens (primary N) is 1. The molecule has 0 saturated heterocycles. The van der Waals surface area contributed by atoms with Crippen LogP contribution in [0.1, 0.15) is 87.9 Å². The van der Waals surface area contributed by atoms with Crippen LogP contribution in [-0.2, 0) is 14.9 Å². The predicted molar refractivity (Wildman–Crippen MR) is 203 cm³/mol. The van der Waals surface area contributed by atoms with Gasteiger partial charge in [0.05, 0.1) is 22.3 Å². The van der Waals surface area contributed by atoms with Gasteiger partial charge in [0.25, 0.3) is 0 Å². The van der Waals surface area contributed by atoms with Gasteiger partial charge in [-0.25, -0.2) is 19.2 Å². The molecule has 6 aromatic rings. The van der Waals surface area contributed by atoms with Gasteiger partial charge < -0.3 is 24.7 Å². The molecule has 2 N–H and O–H groups in total. The van der Waals surface area contributed by atoms with E-state index in [1.165, 1.54) is 53.1 Å². The number of aryl methyl sites for hydroxylation is 1. The van der Waals surface area contributed by atoms with Crippen molar-refractivity contribution in [2.75, 3.05) is 5.73 Å². The maximum absolute atomic E-state index is 12.5. The number of cyclic esters (lactones) is 4. The fourth-order valence-corrected chi connectivity index (χ4v) is 6.08. The van der Waals surface area contributed by atoms with Crippen LogP contribution in [0.5, 0.6) is 23.0 Å². The van der Waals surface area contributed by atoms with Crippen molar-refractivity contribution in [2.45, 2.75) is 26.2 Å². The summed E-state index contributed by atoms with van der Waals surface area (Å²) in [6.45, 7) is 6.51.